The fraction of sp³-hybridized carbons (Fsp3) is 0.417. The van der Waals surface area contributed by atoms with Gasteiger partial charge < -0.3 is 15.4 Å². The van der Waals surface area contributed by atoms with E-state index in [4.69, 9.17) is 15.9 Å². The van der Waals surface area contributed by atoms with Gasteiger partial charge in [0.15, 0.2) is 0 Å². The molecule has 0 aromatic heterocycles. The maximum atomic E-state index is 7.62. The smallest absolute Gasteiger partial charge is 0.124 e. The third kappa shape index (κ3) is 2.98. The molecule has 92 valence electrons. The van der Waals surface area contributed by atoms with E-state index < -0.39 is 0 Å². The summed E-state index contributed by atoms with van der Waals surface area (Å²) in [5.41, 5.74) is 7.42. The Kier molecular flexibility index (Phi) is 4.02. The lowest BCUT2D eigenvalue weighted by Crippen LogP contribution is -2.28. The molecule has 0 radical (unpaired) electrons. The van der Waals surface area contributed by atoms with Crippen LogP contribution in [0.5, 0.6) is 0 Å². The fourth-order valence-corrected chi connectivity index (χ4v) is 2.33. The van der Waals surface area contributed by atoms with Crippen LogP contribution in [0, 0.1) is 5.41 Å². The number of anilines is 1. The van der Waals surface area contributed by atoms with Crippen LogP contribution in [0.25, 0.3) is 0 Å². The summed E-state index contributed by atoms with van der Waals surface area (Å²) >= 11 is 3.46. The van der Waals surface area contributed by atoms with Gasteiger partial charge in [-0.3, -0.25) is 5.41 Å². The van der Waals surface area contributed by atoms with Crippen molar-refractivity contribution in [2.75, 3.05) is 31.2 Å². The van der Waals surface area contributed by atoms with E-state index in [1.165, 1.54) is 0 Å². The first kappa shape index (κ1) is 12.4. The van der Waals surface area contributed by atoms with Crippen LogP contribution in [0.15, 0.2) is 22.7 Å². The number of nitrogen functional groups attached to an aromatic ring is 1. The molecule has 1 fully saturated rings. The summed E-state index contributed by atoms with van der Waals surface area (Å²) in [4.78, 5) is 2.23. The van der Waals surface area contributed by atoms with Crippen molar-refractivity contribution in [3.63, 3.8) is 0 Å². The molecule has 17 heavy (non-hydrogen) atoms. The molecule has 2 rings (SSSR count). The maximum absolute atomic E-state index is 7.62. The van der Waals surface area contributed by atoms with Crippen LogP contribution < -0.4 is 10.6 Å². The number of nitrogens with zero attached hydrogens (tertiary/aromatic N) is 1. The molecular formula is C12H16BrN3O. The largest absolute Gasteiger partial charge is 0.384 e. The van der Waals surface area contributed by atoms with Gasteiger partial charge in [0.25, 0.3) is 0 Å². The first-order chi connectivity index (χ1) is 8.18. The lowest BCUT2D eigenvalue weighted by Gasteiger charge is -2.24. The van der Waals surface area contributed by atoms with Gasteiger partial charge in [0, 0.05) is 35.4 Å². The van der Waals surface area contributed by atoms with Crippen molar-refractivity contribution in [2.45, 2.75) is 6.42 Å². The summed E-state index contributed by atoms with van der Waals surface area (Å²) in [6, 6.07) is 5.81. The SMILES string of the molecule is N=C(N)c1ccc(Br)cc1N1CCCOCC1. The van der Waals surface area contributed by atoms with Crippen molar-refractivity contribution in [1.82, 2.24) is 0 Å². The zero-order chi connectivity index (χ0) is 12.3. The molecule has 0 aliphatic carbocycles. The predicted octanol–water partition coefficient (Wildman–Crippen LogP) is 1.96. The van der Waals surface area contributed by atoms with E-state index in [1.54, 1.807) is 0 Å². The molecule has 5 heteroatoms. The number of halogens is 1. The average molecular weight is 298 g/mol. The number of nitrogens with one attached hydrogen (secondary N) is 1. The molecular weight excluding hydrogens is 282 g/mol. The number of nitrogens with two attached hydrogens (primary N) is 1. The lowest BCUT2D eigenvalue weighted by molar-refractivity contribution is 0.152. The summed E-state index contributed by atoms with van der Waals surface area (Å²) in [5, 5.41) is 7.62. The fourth-order valence-electron chi connectivity index (χ4n) is 1.98. The molecule has 4 nitrogen and oxygen atoms in total. The van der Waals surface area contributed by atoms with Gasteiger partial charge in [0.05, 0.1) is 6.61 Å². The topological polar surface area (TPSA) is 62.3 Å². The van der Waals surface area contributed by atoms with Crippen molar-refractivity contribution in [3.05, 3.63) is 28.2 Å². The van der Waals surface area contributed by atoms with E-state index in [2.05, 4.69) is 20.8 Å². The van der Waals surface area contributed by atoms with Gasteiger partial charge in [-0.15, -0.1) is 0 Å². The second-order valence-corrected chi connectivity index (χ2v) is 4.94. The molecule has 1 aliphatic rings. The molecule has 3 N–H and O–H groups in total. The van der Waals surface area contributed by atoms with Crippen LogP contribution >= 0.6 is 15.9 Å². The number of hydrogen-bond acceptors (Lipinski definition) is 3. The molecule has 1 heterocycles. The first-order valence-corrected chi connectivity index (χ1v) is 6.44. The van der Waals surface area contributed by atoms with Crippen molar-refractivity contribution in [3.8, 4) is 0 Å². The molecule has 0 spiro atoms. The zero-order valence-corrected chi connectivity index (χ0v) is 11.2. The van der Waals surface area contributed by atoms with Gasteiger partial charge in [-0.05, 0) is 24.6 Å². The molecule has 1 saturated heterocycles. The zero-order valence-electron chi connectivity index (χ0n) is 9.58. The lowest BCUT2D eigenvalue weighted by atomic mass is 10.1. The molecule has 0 unspecified atom stereocenters. The Hall–Kier alpha value is -1.07. The Bertz CT molecular complexity index is 414. The molecule has 1 aromatic carbocycles. The second kappa shape index (κ2) is 5.51. The quantitative estimate of drug-likeness (QED) is 0.648. The Balaban J connectivity index is 2.34. The van der Waals surface area contributed by atoms with E-state index in [-0.39, 0.29) is 5.84 Å². The van der Waals surface area contributed by atoms with Crippen LogP contribution in [0.3, 0.4) is 0 Å². The summed E-state index contributed by atoms with van der Waals surface area (Å²) in [6.45, 7) is 3.32. The maximum Gasteiger partial charge on any atom is 0.124 e. The van der Waals surface area contributed by atoms with Gasteiger partial charge in [-0.25, -0.2) is 0 Å². The Morgan fingerprint density at radius 3 is 2.94 bits per heavy atom. The van der Waals surface area contributed by atoms with Crippen LogP contribution in [0.1, 0.15) is 12.0 Å². The van der Waals surface area contributed by atoms with Crippen molar-refractivity contribution < 1.29 is 4.74 Å². The Morgan fingerprint density at radius 2 is 2.18 bits per heavy atom. The van der Waals surface area contributed by atoms with Gasteiger partial charge in [0.1, 0.15) is 5.84 Å². The van der Waals surface area contributed by atoms with E-state index in [1.807, 2.05) is 18.2 Å². The number of rotatable bonds is 2. The monoisotopic (exact) mass is 297 g/mol. The van der Waals surface area contributed by atoms with Crippen molar-refractivity contribution in [1.29, 1.82) is 5.41 Å². The number of hydrogen-bond donors (Lipinski definition) is 2. The molecule has 0 amide bonds. The van der Waals surface area contributed by atoms with E-state index in [0.717, 1.165) is 48.4 Å². The van der Waals surface area contributed by atoms with Gasteiger partial charge in [-0.2, -0.15) is 0 Å². The highest BCUT2D eigenvalue weighted by Gasteiger charge is 2.15. The van der Waals surface area contributed by atoms with Gasteiger partial charge >= 0.3 is 0 Å². The number of ether oxygens (including phenoxy) is 1. The number of amidine groups is 1. The minimum absolute atomic E-state index is 0.109. The molecule has 0 bridgehead atoms. The minimum Gasteiger partial charge on any atom is -0.384 e. The highest BCUT2D eigenvalue weighted by molar-refractivity contribution is 9.10. The summed E-state index contributed by atoms with van der Waals surface area (Å²) in [7, 11) is 0. The summed E-state index contributed by atoms with van der Waals surface area (Å²) in [6.07, 6.45) is 1.00. The van der Waals surface area contributed by atoms with E-state index in [9.17, 15) is 0 Å². The first-order valence-electron chi connectivity index (χ1n) is 5.65. The summed E-state index contributed by atoms with van der Waals surface area (Å²) < 4.78 is 6.44. The highest BCUT2D eigenvalue weighted by Crippen LogP contribution is 2.25. The van der Waals surface area contributed by atoms with Crippen molar-refractivity contribution >= 4 is 27.5 Å². The molecule has 1 aromatic rings. The average Bonchev–Trinajstić information content (AvgIpc) is 2.56. The Morgan fingerprint density at radius 1 is 1.35 bits per heavy atom. The standard InChI is InChI=1S/C12H16BrN3O/c13-9-2-3-10(12(14)15)11(8-9)16-4-1-6-17-7-5-16/h2-3,8H,1,4-7H2,(H3,14,15). The molecule has 0 atom stereocenters. The van der Waals surface area contributed by atoms with Crippen LogP contribution in [0.4, 0.5) is 5.69 Å². The summed E-state index contributed by atoms with van der Waals surface area (Å²) in [5.74, 6) is 0.109. The van der Waals surface area contributed by atoms with Gasteiger partial charge in [-0.1, -0.05) is 15.9 Å². The van der Waals surface area contributed by atoms with Gasteiger partial charge in [0.2, 0.25) is 0 Å². The van der Waals surface area contributed by atoms with Crippen LogP contribution in [-0.4, -0.2) is 32.1 Å². The highest BCUT2D eigenvalue weighted by atomic mass is 79.9. The van der Waals surface area contributed by atoms with Crippen LogP contribution in [0.2, 0.25) is 0 Å². The number of benzene rings is 1. The third-order valence-corrected chi connectivity index (χ3v) is 3.31. The Labute approximate surface area is 109 Å². The van der Waals surface area contributed by atoms with E-state index >= 15 is 0 Å². The third-order valence-electron chi connectivity index (χ3n) is 2.81. The molecule has 0 saturated carbocycles. The second-order valence-electron chi connectivity index (χ2n) is 4.03. The normalized spacial score (nSPS) is 16.6. The van der Waals surface area contributed by atoms with E-state index in [0.29, 0.717) is 0 Å². The van der Waals surface area contributed by atoms with Crippen molar-refractivity contribution in [2.24, 2.45) is 5.73 Å². The minimum atomic E-state index is 0.109. The molecule has 1 aliphatic heterocycles. The van der Waals surface area contributed by atoms with Crippen LogP contribution in [-0.2, 0) is 4.74 Å². The predicted molar refractivity (Wildman–Crippen MR) is 72.8 cm³/mol.